The molecule has 1 N–H and O–H groups in total. The Morgan fingerprint density at radius 3 is 2.85 bits per heavy atom. The van der Waals surface area contributed by atoms with Crippen LogP contribution in [0.25, 0.3) is 0 Å². The summed E-state index contributed by atoms with van der Waals surface area (Å²) in [5.41, 5.74) is 0. The van der Waals surface area contributed by atoms with Gasteiger partial charge in [0, 0.05) is 19.8 Å². The van der Waals surface area contributed by atoms with Gasteiger partial charge in [-0.1, -0.05) is 25.5 Å². The van der Waals surface area contributed by atoms with Gasteiger partial charge in [0.05, 0.1) is 0 Å². The quantitative estimate of drug-likeness (QED) is 0.705. The molecule has 0 aliphatic carbocycles. The van der Waals surface area contributed by atoms with Gasteiger partial charge in [0.2, 0.25) is 0 Å². The molecule has 0 spiro atoms. The molecule has 1 aromatic carbocycles. The van der Waals surface area contributed by atoms with Crippen molar-refractivity contribution in [2.45, 2.75) is 32.3 Å². The Balaban J connectivity index is 1.53. The van der Waals surface area contributed by atoms with E-state index < -0.39 is 0 Å². The van der Waals surface area contributed by atoms with Crippen molar-refractivity contribution in [2.75, 3.05) is 32.9 Å². The van der Waals surface area contributed by atoms with Crippen molar-refractivity contribution < 1.29 is 14.2 Å². The van der Waals surface area contributed by atoms with Gasteiger partial charge < -0.3 is 19.5 Å². The van der Waals surface area contributed by atoms with Crippen molar-refractivity contribution in [3.63, 3.8) is 0 Å². The highest BCUT2D eigenvalue weighted by atomic mass is 16.6. The Kier molecular flexibility index (Phi) is 6.68. The van der Waals surface area contributed by atoms with E-state index in [0.29, 0.717) is 6.61 Å². The minimum absolute atomic E-state index is 0.0888. The summed E-state index contributed by atoms with van der Waals surface area (Å²) in [6, 6.07) is 7.81. The van der Waals surface area contributed by atoms with Crippen molar-refractivity contribution in [3.8, 4) is 11.5 Å². The fourth-order valence-corrected chi connectivity index (χ4v) is 2.07. The van der Waals surface area contributed by atoms with Gasteiger partial charge in [-0.15, -0.1) is 0 Å². The summed E-state index contributed by atoms with van der Waals surface area (Å²) in [7, 11) is 0. The van der Waals surface area contributed by atoms with Crippen LogP contribution in [0.15, 0.2) is 24.3 Å². The molecular formula is C16H25NO3. The normalized spacial score (nSPS) is 17.1. The van der Waals surface area contributed by atoms with E-state index in [9.17, 15) is 0 Å². The molecule has 1 aromatic rings. The van der Waals surface area contributed by atoms with E-state index in [4.69, 9.17) is 14.2 Å². The lowest BCUT2D eigenvalue weighted by atomic mass is 10.2. The predicted molar refractivity (Wildman–Crippen MR) is 79.6 cm³/mol. The summed E-state index contributed by atoms with van der Waals surface area (Å²) in [4.78, 5) is 0. The summed E-state index contributed by atoms with van der Waals surface area (Å²) < 4.78 is 17.1. The number of hydrogen-bond donors (Lipinski definition) is 1. The molecule has 1 heterocycles. The molecule has 4 nitrogen and oxygen atoms in total. The molecule has 0 fully saturated rings. The molecule has 1 atom stereocenters. The van der Waals surface area contributed by atoms with Gasteiger partial charge in [0.1, 0.15) is 12.7 Å². The standard InChI is InChI=1S/C16H25NO3/c1-2-3-10-18-11-6-9-17-12-14-13-19-15-7-4-5-8-16(15)20-14/h4-5,7-8,14,17H,2-3,6,9-13H2,1H3. The molecule has 1 unspecified atom stereocenters. The van der Waals surface area contributed by atoms with Gasteiger partial charge in [0.15, 0.2) is 11.5 Å². The Hall–Kier alpha value is -1.26. The molecule has 1 aliphatic heterocycles. The topological polar surface area (TPSA) is 39.7 Å². The van der Waals surface area contributed by atoms with Crippen molar-refractivity contribution in [2.24, 2.45) is 0 Å². The van der Waals surface area contributed by atoms with Gasteiger partial charge in [-0.2, -0.15) is 0 Å². The molecule has 0 aromatic heterocycles. The summed E-state index contributed by atoms with van der Waals surface area (Å²) in [6.07, 6.45) is 3.47. The highest BCUT2D eigenvalue weighted by molar-refractivity contribution is 5.40. The van der Waals surface area contributed by atoms with E-state index in [0.717, 1.165) is 50.6 Å². The molecule has 0 bridgehead atoms. The van der Waals surface area contributed by atoms with Crippen LogP contribution in [0.2, 0.25) is 0 Å². The highest BCUT2D eigenvalue weighted by Crippen LogP contribution is 2.30. The molecule has 20 heavy (non-hydrogen) atoms. The largest absolute Gasteiger partial charge is 0.486 e. The second kappa shape index (κ2) is 8.82. The van der Waals surface area contributed by atoms with Crippen LogP contribution in [0, 0.1) is 0 Å². The summed E-state index contributed by atoms with van der Waals surface area (Å²) in [5.74, 6) is 1.68. The highest BCUT2D eigenvalue weighted by Gasteiger charge is 2.19. The summed E-state index contributed by atoms with van der Waals surface area (Å²) in [5, 5.41) is 3.39. The lowest BCUT2D eigenvalue weighted by Crippen LogP contribution is -2.38. The van der Waals surface area contributed by atoms with Gasteiger partial charge in [-0.05, 0) is 31.5 Å². The average molecular weight is 279 g/mol. The Labute approximate surface area is 121 Å². The fraction of sp³-hybridized carbons (Fsp3) is 0.625. The first-order chi connectivity index (χ1) is 9.90. The maximum atomic E-state index is 5.87. The number of hydrogen-bond acceptors (Lipinski definition) is 4. The van der Waals surface area contributed by atoms with Gasteiger partial charge in [0.25, 0.3) is 0 Å². The lowest BCUT2D eigenvalue weighted by Gasteiger charge is -2.26. The van der Waals surface area contributed by atoms with Crippen LogP contribution >= 0.6 is 0 Å². The Morgan fingerprint density at radius 2 is 2.00 bits per heavy atom. The van der Waals surface area contributed by atoms with Crippen LogP contribution in [-0.2, 0) is 4.74 Å². The maximum Gasteiger partial charge on any atom is 0.161 e. The molecule has 4 heteroatoms. The number of ether oxygens (including phenoxy) is 3. The Morgan fingerprint density at radius 1 is 1.20 bits per heavy atom. The SMILES string of the molecule is CCCCOCCCNCC1COc2ccccc2O1. The van der Waals surface area contributed by atoms with E-state index >= 15 is 0 Å². The number of para-hydroxylation sites is 2. The first-order valence-corrected chi connectivity index (χ1v) is 7.57. The first-order valence-electron chi connectivity index (χ1n) is 7.57. The van der Waals surface area contributed by atoms with Gasteiger partial charge >= 0.3 is 0 Å². The number of benzene rings is 1. The molecule has 112 valence electrons. The third-order valence-corrected chi connectivity index (χ3v) is 3.22. The average Bonchev–Trinajstić information content (AvgIpc) is 2.50. The molecule has 0 radical (unpaired) electrons. The third-order valence-electron chi connectivity index (χ3n) is 3.22. The van der Waals surface area contributed by atoms with Crippen molar-refractivity contribution in [3.05, 3.63) is 24.3 Å². The maximum absolute atomic E-state index is 5.87. The summed E-state index contributed by atoms with van der Waals surface area (Å²) >= 11 is 0. The second-order valence-electron chi connectivity index (χ2n) is 5.02. The minimum atomic E-state index is 0.0888. The van der Waals surface area contributed by atoms with Crippen molar-refractivity contribution in [1.29, 1.82) is 0 Å². The van der Waals surface area contributed by atoms with Crippen molar-refractivity contribution >= 4 is 0 Å². The molecule has 0 saturated heterocycles. The number of nitrogens with one attached hydrogen (secondary N) is 1. The smallest absolute Gasteiger partial charge is 0.161 e. The number of fused-ring (bicyclic) bond motifs is 1. The Bertz CT molecular complexity index is 384. The van der Waals surface area contributed by atoms with Gasteiger partial charge in [-0.3, -0.25) is 0 Å². The first kappa shape index (κ1) is 15.1. The monoisotopic (exact) mass is 279 g/mol. The number of rotatable bonds is 9. The third kappa shape index (κ3) is 5.02. The van der Waals surface area contributed by atoms with E-state index in [2.05, 4.69) is 12.2 Å². The van der Waals surface area contributed by atoms with Crippen LogP contribution < -0.4 is 14.8 Å². The van der Waals surface area contributed by atoms with Crippen molar-refractivity contribution in [1.82, 2.24) is 5.32 Å². The van der Waals surface area contributed by atoms with Gasteiger partial charge in [-0.25, -0.2) is 0 Å². The minimum Gasteiger partial charge on any atom is -0.486 e. The summed E-state index contributed by atoms with van der Waals surface area (Å²) in [6.45, 7) is 6.26. The van der Waals surface area contributed by atoms with Crippen LogP contribution in [0.4, 0.5) is 0 Å². The predicted octanol–water partition coefficient (Wildman–Crippen LogP) is 2.62. The molecule has 1 aliphatic rings. The molecule has 2 rings (SSSR count). The molecule has 0 amide bonds. The van der Waals surface area contributed by atoms with Crippen LogP contribution in [0.5, 0.6) is 11.5 Å². The lowest BCUT2D eigenvalue weighted by molar-refractivity contribution is 0.0888. The van der Waals surface area contributed by atoms with E-state index in [1.165, 1.54) is 6.42 Å². The van der Waals surface area contributed by atoms with Crippen LogP contribution in [-0.4, -0.2) is 39.0 Å². The molecular weight excluding hydrogens is 254 g/mol. The molecule has 0 saturated carbocycles. The fourth-order valence-electron chi connectivity index (χ4n) is 2.07. The number of unbranched alkanes of at least 4 members (excludes halogenated alkanes) is 1. The van der Waals surface area contributed by atoms with Crippen LogP contribution in [0.1, 0.15) is 26.2 Å². The van der Waals surface area contributed by atoms with E-state index in [-0.39, 0.29) is 6.10 Å². The zero-order valence-electron chi connectivity index (χ0n) is 12.3. The zero-order chi connectivity index (χ0) is 14.0. The van der Waals surface area contributed by atoms with E-state index in [1.807, 2.05) is 24.3 Å². The van der Waals surface area contributed by atoms with E-state index in [1.54, 1.807) is 0 Å². The zero-order valence-corrected chi connectivity index (χ0v) is 12.3. The van der Waals surface area contributed by atoms with Crippen LogP contribution in [0.3, 0.4) is 0 Å². The second-order valence-corrected chi connectivity index (χ2v) is 5.02.